The van der Waals surface area contributed by atoms with Gasteiger partial charge in [-0.3, -0.25) is 4.55 Å². The molecular weight excluding hydrogens is 444 g/mol. The van der Waals surface area contributed by atoms with Gasteiger partial charge in [0.2, 0.25) is 0 Å². The van der Waals surface area contributed by atoms with E-state index in [-0.39, 0.29) is 6.61 Å². The Labute approximate surface area is 191 Å². The smallest absolute Gasteiger partial charge is 0.267 e. The molecule has 0 amide bonds. The summed E-state index contributed by atoms with van der Waals surface area (Å²) in [6.45, 7) is 1.85. The van der Waals surface area contributed by atoms with Crippen LogP contribution in [0.5, 0.6) is 0 Å². The molecule has 192 valence electrons. The lowest BCUT2D eigenvalue weighted by Gasteiger charge is -2.40. The van der Waals surface area contributed by atoms with Crippen molar-refractivity contribution in [1.29, 1.82) is 0 Å². The van der Waals surface area contributed by atoms with Crippen LogP contribution in [0.4, 0.5) is 0 Å². The summed E-state index contributed by atoms with van der Waals surface area (Å²) in [5.41, 5.74) is 0. The van der Waals surface area contributed by atoms with Gasteiger partial charge in [0.05, 0.1) is 19.3 Å². The number of unbranched alkanes of at least 4 members (excludes halogenated alkanes) is 9. The lowest BCUT2D eigenvalue weighted by molar-refractivity contribution is -0.303. The molecule has 1 aliphatic rings. The van der Waals surface area contributed by atoms with Crippen LogP contribution < -0.4 is 0 Å². The quantitative estimate of drug-likeness (QED) is 0.139. The maximum absolute atomic E-state index is 10.7. The average Bonchev–Trinajstić information content (AvgIpc) is 2.71. The molecule has 0 aliphatic carbocycles. The molecule has 1 fully saturated rings. The zero-order chi connectivity index (χ0) is 24.0. The molecule has 0 saturated carbocycles. The van der Waals surface area contributed by atoms with Gasteiger partial charge in [-0.15, -0.1) is 0 Å². The molecule has 0 aromatic rings. The summed E-state index contributed by atoms with van der Waals surface area (Å²) in [6, 6.07) is 0. The molecule has 0 bridgehead atoms. The Morgan fingerprint density at radius 1 is 0.875 bits per heavy atom. The van der Waals surface area contributed by atoms with Crippen molar-refractivity contribution in [3.63, 3.8) is 0 Å². The van der Waals surface area contributed by atoms with Crippen molar-refractivity contribution in [3.8, 4) is 0 Å². The van der Waals surface area contributed by atoms with E-state index in [2.05, 4.69) is 6.92 Å². The molecule has 6 atom stereocenters. The minimum Gasteiger partial charge on any atom is -0.390 e. The second-order valence-electron chi connectivity index (χ2n) is 8.51. The van der Waals surface area contributed by atoms with Crippen LogP contribution in [-0.4, -0.2) is 95.8 Å². The van der Waals surface area contributed by atoms with Crippen molar-refractivity contribution in [1.82, 2.24) is 0 Å². The van der Waals surface area contributed by atoms with Gasteiger partial charge in [-0.1, -0.05) is 64.7 Å². The summed E-state index contributed by atoms with van der Waals surface area (Å²) in [5, 5.41) is 39.7. The first-order chi connectivity index (χ1) is 15.2. The molecule has 1 aliphatic heterocycles. The molecule has 5 N–H and O–H groups in total. The third-order valence-electron chi connectivity index (χ3n) is 5.44. The summed E-state index contributed by atoms with van der Waals surface area (Å²) >= 11 is 0. The molecule has 11 heteroatoms. The molecule has 0 spiro atoms. The fourth-order valence-electron chi connectivity index (χ4n) is 3.59. The minimum absolute atomic E-state index is 0.272. The van der Waals surface area contributed by atoms with Crippen molar-refractivity contribution in [2.24, 2.45) is 0 Å². The van der Waals surface area contributed by atoms with Gasteiger partial charge in [0.25, 0.3) is 10.1 Å². The number of aliphatic hydroxyl groups is 4. The van der Waals surface area contributed by atoms with Gasteiger partial charge in [-0.2, -0.15) is 8.42 Å². The van der Waals surface area contributed by atoms with Gasteiger partial charge < -0.3 is 34.6 Å². The highest BCUT2D eigenvalue weighted by Gasteiger charge is 2.44. The summed E-state index contributed by atoms with van der Waals surface area (Å²) < 4.78 is 46.3. The van der Waals surface area contributed by atoms with Gasteiger partial charge in [0.1, 0.15) is 30.2 Å². The maximum Gasteiger partial charge on any atom is 0.267 e. The van der Waals surface area contributed by atoms with Crippen LogP contribution in [0.1, 0.15) is 71.1 Å². The van der Waals surface area contributed by atoms with Crippen LogP contribution in [0.2, 0.25) is 0 Å². The highest BCUT2D eigenvalue weighted by Crippen LogP contribution is 2.23. The molecule has 32 heavy (non-hydrogen) atoms. The largest absolute Gasteiger partial charge is 0.390 e. The van der Waals surface area contributed by atoms with E-state index in [9.17, 15) is 28.8 Å². The molecule has 0 radical (unpaired) electrons. The second kappa shape index (κ2) is 16.3. The fourth-order valence-corrected chi connectivity index (χ4v) is 4.17. The van der Waals surface area contributed by atoms with E-state index in [1.165, 1.54) is 44.9 Å². The van der Waals surface area contributed by atoms with Gasteiger partial charge in [0.15, 0.2) is 6.29 Å². The maximum atomic E-state index is 10.7. The Balaban J connectivity index is 2.23. The van der Waals surface area contributed by atoms with E-state index in [0.717, 1.165) is 19.3 Å². The Morgan fingerprint density at radius 2 is 1.44 bits per heavy atom. The van der Waals surface area contributed by atoms with Crippen LogP contribution in [0.3, 0.4) is 0 Å². The second-order valence-corrected chi connectivity index (χ2v) is 10.0. The molecule has 1 heterocycles. The summed E-state index contributed by atoms with van der Waals surface area (Å²) in [7, 11) is -4.34. The van der Waals surface area contributed by atoms with E-state index in [4.69, 9.17) is 18.8 Å². The number of hydrogen-bond acceptors (Lipinski definition) is 9. The highest BCUT2D eigenvalue weighted by atomic mass is 32.2. The van der Waals surface area contributed by atoms with Crippen LogP contribution in [0, 0.1) is 0 Å². The van der Waals surface area contributed by atoms with E-state index in [1.54, 1.807) is 0 Å². The van der Waals surface area contributed by atoms with E-state index in [1.807, 2.05) is 0 Å². The highest BCUT2D eigenvalue weighted by molar-refractivity contribution is 7.85. The number of rotatable bonds is 18. The molecule has 1 saturated heterocycles. The monoisotopic (exact) mass is 486 g/mol. The van der Waals surface area contributed by atoms with Crippen molar-refractivity contribution < 1.29 is 47.6 Å². The topological polar surface area (TPSA) is 163 Å². The molecule has 1 rings (SSSR count). The molecule has 0 aromatic heterocycles. The lowest BCUT2D eigenvalue weighted by atomic mass is 9.99. The Kier molecular flexibility index (Phi) is 15.1. The standard InChI is InChI=1S/C21H42O10S/c1-2-3-4-5-6-7-8-9-10-11-12-30-21-20(25)19(24)18(23)17(31-21)14-29-13-16(22)15-32(26,27)28/h16-25H,2-15H2,1H3,(H,26,27,28)/t16?,17-,18-,19+,20-,21-/m1/s1. The van der Waals surface area contributed by atoms with Crippen LogP contribution in [0.15, 0.2) is 0 Å². The van der Waals surface area contributed by atoms with Crippen LogP contribution in [-0.2, 0) is 24.3 Å². The van der Waals surface area contributed by atoms with Gasteiger partial charge >= 0.3 is 0 Å². The van der Waals surface area contributed by atoms with Crippen LogP contribution in [0.25, 0.3) is 0 Å². The summed E-state index contributed by atoms with van der Waals surface area (Å²) in [5.74, 6) is -0.882. The van der Waals surface area contributed by atoms with Crippen molar-refractivity contribution in [2.75, 3.05) is 25.6 Å². The minimum atomic E-state index is -4.34. The SMILES string of the molecule is CCCCCCCCCCCCO[C@@H]1O[C@H](COCC(O)CS(=O)(=O)O)[C@@H](O)[C@H](O)[C@H]1O. The third-order valence-corrected chi connectivity index (χ3v) is 6.25. The van der Waals surface area contributed by atoms with Crippen molar-refractivity contribution in [2.45, 2.75) is 108 Å². The number of ether oxygens (including phenoxy) is 3. The van der Waals surface area contributed by atoms with Crippen LogP contribution >= 0.6 is 0 Å². The van der Waals surface area contributed by atoms with Crippen molar-refractivity contribution >= 4 is 10.1 Å². The molecule has 0 aromatic carbocycles. The molecular formula is C21H42O10S. The first kappa shape index (κ1) is 29.7. The predicted octanol–water partition coefficient (Wildman–Crippen LogP) is 0.997. The zero-order valence-electron chi connectivity index (χ0n) is 19.0. The first-order valence-electron chi connectivity index (χ1n) is 11.7. The van der Waals surface area contributed by atoms with E-state index < -0.39 is 59.3 Å². The first-order valence-corrected chi connectivity index (χ1v) is 13.3. The Morgan fingerprint density at radius 3 is 2.00 bits per heavy atom. The summed E-state index contributed by atoms with van der Waals surface area (Å²) in [4.78, 5) is 0. The van der Waals surface area contributed by atoms with Gasteiger partial charge in [0, 0.05) is 6.61 Å². The zero-order valence-corrected chi connectivity index (χ0v) is 19.9. The predicted molar refractivity (Wildman–Crippen MR) is 118 cm³/mol. The fraction of sp³-hybridized carbons (Fsp3) is 1.00. The number of aliphatic hydroxyl groups excluding tert-OH is 4. The molecule has 1 unspecified atom stereocenters. The Hall–Kier alpha value is -0.370. The third kappa shape index (κ3) is 12.8. The van der Waals surface area contributed by atoms with E-state index in [0.29, 0.717) is 6.61 Å². The van der Waals surface area contributed by atoms with Gasteiger partial charge in [-0.05, 0) is 6.42 Å². The summed E-state index contributed by atoms with van der Waals surface area (Å²) in [6.07, 6.45) is 3.74. The number of hydrogen-bond donors (Lipinski definition) is 5. The normalized spacial score (nSPS) is 27.5. The van der Waals surface area contributed by atoms with E-state index >= 15 is 0 Å². The lowest BCUT2D eigenvalue weighted by Crippen LogP contribution is -2.59. The average molecular weight is 487 g/mol. The van der Waals surface area contributed by atoms with Gasteiger partial charge in [-0.25, -0.2) is 0 Å². The van der Waals surface area contributed by atoms with Crippen molar-refractivity contribution in [3.05, 3.63) is 0 Å². The Bertz CT molecular complexity index is 573. The molecule has 10 nitrogen and oxygen atoms in total.